The molecule has 0 bridgehead atoms. The van der Waals surface area contributed by atoms with Crippen molar-refractivity contribution < 1.29 is 17.7 Å². The fourth-order valence-corrected chi connectivity index (χ4v) is 0.601. The lowest BCUT2D eigenvalue weighted by Gasteiger charge is -1.99. The second-order valence-corrected chi connectivity index (χ2v) is 2.04. The molecule has 0 spiro atoms. The Morgan fingerprint density at radius 2 is 2.17 bits per heavy atom. The topological polar surface area (TPSA) is 38.9 Å². The Hall–Kier alpha value is -1.33. The Morgan fingerprint density at radius 3 is 2.58 bits per heavy atom. The highest BCUT2D eigenvalue weighted by atomic mass is 19.4. The Labute approximate surface area is 65.9 Å². The molecule has 12 heavy (non-hydrogen) atoms. The second kappa shape index (κ2) is 2.96. The van der Waals surface area contributed by atoms with Crippen molar-refractivity contribution in [2.75, 3.05) is 0 Å². The summed E-state index contributed by atoms with van der Waals surface area (Å²) in [6, 6.07) is 0. The van der Waals surface area contributed by atoms with Crippen molar-refractivity contribution in [3.63, 3.8) is 0 Å². The summed E-state index contributed by atoms with van der Waals surface area (Å²) in [4.78, 5) is 3.40. The highest BCUT2D eigenvalue weighted by molar-refractivity contribution is 5.32. The molecule has 0 fully saturated rings. The third kappa shape index (κ3) is 2.37. The number of rotatable bonds is 2. The first kappa shape index (κ1) is 8.76. The third-order valence-electron chi connectivity index (χ3n) is 1.02. The maximum atomic E-state index is 11.7. The molecule has 1 aromatic heterocycles. The van der Waals surface area contributed by atoms with Gasteiger partial charge in [0, 0.05) is 0 Å². The van der Waals surface area contributed by atoms with Gasteiger partial charge >= 0.3 is 6.18 Å². The second-order valence-electron chi connectivity index (χ2n) is 2.04. The van der Waals surface area contributed by atoms with Gasteiger partial charge in [0.05, 0.1) is 0 Å². The minimum atomic E-state index is -4.30. The van der Waals surface area contributed by atoms with Crippen LogP contribution in [-0.2, 0) is 6.42 Å². The quantitative estimate of drug-likeness (QED) is 0.693. The fourth-order valence-electron chi connectivity index (χ4n) is 0.601. The van der Waals surface area contributed by atoms with Crippen molar-refractivity contribution in [2.45, 2.75) is 12.6 Å². The van der Waals surface area contributed by atoms with E-state index >= 15 is 0 Å². The summed E-state index contributed by atoms with van der Waals surface area (Å²) < 4.78 is 39.5. The number of nitrogens with zero attached hydrogens (tertiary/aromatic N) is 2. The summed E-state index contributed by atoms with van der Waals surface area (Å²) in [5.41, 5.74) is 0. The van der Waals surface area contributed by atoms with Crippen LogP contribution in [0.5, 0.6) is 0 Å². The number of hydrogen-bond donors (Lipinski definition) is 0. The molecule has 0 N–H and O–H groups in total. The molecule has 0 radical (unpaired) electrons. The van der Waals surface area contributed by atoms with Gasteiger partial charge < -0.3 is 4.52 Å². The predicted octanol–water partition coefficient (Wildman–Crippen LogP) is 1.82. The average molecular weight is 178 g/mol. The predicted molar refractivity (Wildman–Crippen MR) is 34.1 cm³/mol. The minimum absolute atomic E-state index is 0.00532. The van der Waals surface area contributed by atoms with Crippen molar-refractivity contribution in [2.24, 2.45) is 0 Å². The highest BCUT2D eigenvalue weighted by Gasteiger charge is 2.30. The van der Waals surface area contributed by atoms with E-state index in [1.807, 2.05) is 0 Å². The van der Waals surface area contributed by atoms with E-state index < -0.39 is 12.6 Å². The maximum Gasteiger partial charge on any atom is 0.396 e. The SMILES string of the molecule is C=Cc1nc(CC(F)(F)F)no1. The lowest BCUT2D eigenvalue weighted by molar-refractivity contribution is -0.128. The van der Waals surface area contributed by atoms with Crippen molar-refractivity contribution in [3.8, 4) is 0 Å². The first-order valence-electron chi connectivity index (χ1n) is 3.03. The van der Waals surface area contributed by atoms with Gasteiger partial charge in [-0.25, -0.2) is 0 Å². The first-order chi connectivity index (χ1) is 5.51. The van der Waals surface area contributed by atoms with Crippen LogP contribution >= 0.6 is 0 Å². The Bertz CT molecular complexity index is 279. The number of aromatic nitrogens is 2. The molecule has 0 aromatic carbocycles. The molecular formula is C6H5F3N2O. The van der Waals surface area contributed by atoms with Crippen LogP contribution in [0, 0.1) is 0 Å². The summed E-state index contributed by atoms with van der Waals surface area (Å²) in [5, 5.41) is 3.10. The van der Waals surface area contributed by atoms with Crippen molar-refractivity contribution in [1.29, 1.82) is 0 Å². The number of alkyl halides is 3. The minimum Gasteiger partial charge on any atom is -0.335 e. The molecule has 0 saturated carbocycles. The van der Waals surface area contributed by atoms with Crippen LogP contribution in [0.2, 0.25) is 0 Å². The average Bonchev–Trinajstić information content (AvgIpc) is 2.32. The molecule has 0 aliphatic rings. The number of halogens is 3. The molecule has 66 valence electrons. The van der Waals surface area contributed by atoms with E-state index in [9.17, 15) is 13.2 Å². The molecule has 0 unspecified atom stereocenters. The van der Waals surface area contributed by atoms with Gasteiger partial charge in [-0.05, 0) is 6.08 Å². The summed E-state index contributed by atoms with van der Waals surface area (Å²) in [5.74, 6) is -0.383. The lowest BCUT2D eigenvalue weighted by atomic mass is 10.4. The van der Waals surface area contributed by atoms with E-state index in [1.165, 1.54) is 6.08 Å². The first-order valence-corrected chi connectivity index (χ1v) is 3.03. The monoisotopic (exact) mass is 178 g/mol. The highest BCUT2D eigenvalue weighted by Crippen LogP contribution is 2.19. The largest absolute Gasteiger partial charge is 0.396 e. The van der Waals surface area contributed by atoms with Crippen molar-refractivity contribution in [1.82, 2.24) is 10.1 Å². The molecule has 0 amide bonds. The van der Waals surface area contributed by atoms with E-state index in [1.54, 1.807) is 0 Å². The molecule has 0 aliphatic heterocycles. The van der Waals surface area contributed by atoms with Crippen LogP contribution in [0.3, 0.4) is 0 Å². The normalized spacial score (nSPS) is 11.6. The van der Waals surface area contributed by atoms with Gasteiger partial charge in [-0.1, -0.05) is 11.7 Å². The summed E-state index contributed by atoms with van der Waals surface area (Å²) in [6.45, 7) is 3.26. The van der Waals surface area contributed by atoms with Gasteiger partial charge in [0.2, 0.25) is 5.89 Å². The van der Waals surface area contributed by atoms with E-state index in [0.29, 0.717) is 0 Å². The van der Waals surface area contributed by atoms with Gasteiger partial charge in [-0.3, -0.25) is 0 Å². The zero-order valence-electron chi connectivity index (χ0n) is 5.93. The lowest BCUT2D eigenvalue weighted by Crippen LogP contribution is -2.12. The van der Waals surface area contributed by atoms with Crippen LogP contribution in [0.15, 0.2) is 11.1 Å². The maximum absolute atomic E-state index is 11.7. The van der Waals surface area contributed by atoms with Gasteiger partial charge in [-0.2, -0.15) is 18.2 Å². The molecule has 0 aliphatic carbocycles. The summed E-state index contributed by atoms with van der Waals surface area (Å²) in [7, 11) is 0. The molecule has 6 heteroatoms. The van der Waals surface area contributed by atoms with Crippen LogP contribution in [-0.4, -0.2) is 16.3 Å². The molecule has 1 heterocycles. The van der Waals surface area contributed by atoms with Crippen LogP contribution in [0.25, 0.3) is 6.08 Å². The van der Waals surface area contributed by atoms with E-state index in [0.717, 1.165) is 0 Å². The standard InChI is InChI=1S/C6H5F3N2O/c1-2-5-10-4(11-12-5)3-6(7,8)9/h2H,1,3H2. The van der Waals surface area contributed by atoms with Crippen LogP contribution in [0.1, 0.15) is 11.7 Å². The van der Waals surface area contributed by atoms with Crippen molar-refractivity contribution >= 4 is 6.08 Å². The summed E-state index contributed by atoms with van der Waals surface area (Å²) >= 11 is 0. The number of hydrogen-bond acceptors (Lipinski definition) is 3. The molecule has 0 saturated heterocycles. The zero-order valence-corrected chi connectivity index (χ0v) is 5.93. The Morgan fingerprint density at radius 1 is 1.50 bits per heavy atom. The van der Waals surface area contributed by atoms with Gasteiger partial charge in [0.15, 0.2) is 5.82 Å². The molecule has 1 aromatic rings. The molecular weight excluding hydrogens is 173 g/mol. The fraction of sp³-hybridized carbons (Fsp3) is 0.333. The Balaban J connectivity index is 2.70. The third-order valence-corrected chi connectivity index (χ3v) is 1.02. The van der Waals surface area contributed by atoms with Crippen LogP contribution in [0.4, 0.5) is 13.2 Å². The molecule has 1 rings (SSSR count). The van der Waals surface area contributed by atoms with E-state index in [2.05, 4.69) is 21.2 Å². The van der Waals surface area contributed by atoms with E-state index in [-0.39, 0.29) is 11.7 Å². The van der Waals surface area contributed by atoms with E-state index in [4.69, 9.17) is 0 Å². The molecule has 0 atom stereocenters. The van der Waals surface area contributed by atoms with Gasteiger partial charge in [-0.15, -0.1) is 0 Å². The van der Waals surface area contributed by atoms with Gasteiger partial charge in [0.25, 0.3) is 0 Å². The smallest absolute Gasteiger partial charge is 0.335 e. The summed E-state index contributed by atoms with van der Waals surface area (Å²) in [6.07, 6.45) is -4.29. The van der Waals surface area contributed by atoms with Crippen molar-refractivity contribution in [3.05, 3.63) is 18.3 Å². The van der Waals surface area contributed by atoms with Crippen LogP contribution < -0.4 is 0 Å². The zero-order chi connectivity index (χ0) is 9.19. The Kier molecular flexibility index (Phi) is 2.16. The van der Waals surface area contributed by atoms with Gasteiger partial charge in [0.1, 0.15) is 6.42 Å². The molecule has 3 nitrogen and oxygen atoms in total.